The molecule has 0 amide bonds. The second-order valence-electron chi connectivity index (χ2n) is 6.26. The van der Waals surface area contributed by atoms with Gasteiger partial charge in [-0.3, -0.25) is 0 Å². The van der Waals surface area contributed by atoms with E-state index in [0.717, 1.165) is 19.4 Å². The van der Waals surface area contributed by atoms with Gasteiger partial charge >= 0.3 is 0 Å². The Morgan fingerprint density at radius 1 is 1.05 bits per heavy atom. The molecular weight excluding hydrogens is 246 g/mol. The molecular formula is C18H31NO. The lowest BCUT2D eigenvalue weighted by Crippen LogP contribution is -2.37. The molecule has 0 saturated carbocycles. The van der Waals surface area contributed by atoms with Gasteiger partial charge < -0.3 is 10.4 Å². The average molecular weight is 277 g/mol. The van der Waals surface area contributed by atoms with Crippen LogP contribution in [0, 0.1) is 26.2 Å². The molecule has 2 heteroatoms. The number of aryl methyl sites for hydroxylation is 3. The van der Waals surface area contributed by atoms with E-state index in [1.807, 2.05) is 0 Å². The highest BCUT2D eigenvalue weighted by molar-refractivity contribution is 5.38. The van der Waals surface area contributed by atoms with E-state index < -0.39 is 0 Å². The van der Waals surface area contributed by atoms with Crippen LogP contribution in [0.5, 0.6) is 0 Å². The molecule has 0 saturated heterocycles. The minimum atomic E-state index is 0.0158. The van der Waals surface area contributed by atoms with E-state index in [1.54, 1.807) is 0 Å². The van der Waals surface area contributed by atoms with Gasteiger partial charge in [0.25, 0.3) is 0 Å². The Kier molecular flexibility index (Phi) is 6.22. The minimum absolute atomic E-state index is 0.0158. The third kappa shape index (κ3) is 3.83. The van der Waals surface area contributed by atoms with Crippen LogP contribution in [-0.4, -0.2) is 18.3 Å². The quantitative estimate of drug-likeness (QED) is 0.787. The molecule has 2 nitrogen and oxygen atoms in total. The van der Waals surface area contributed by atoms with Crippen molar-refractivity contribution in [3.63, 3.8) is 0 Å². The van der Waals surface area contributed by atoms with Gasteiger partial charge in [-0.2, -0.15) is 0 Å². The van der Waals surface area contributed by atoms with Crippen LogP contribution in [0.4, 0.5) is 0 Å². The summed E-state index contributed by atoms with van der Waals surface area (Å²) in [6.45, 7) is 14.2. The Morgan fingerprint density at radius 2 is 1.60 bits per heavy atom. The number of rotatable bonds is 7. The Morgan fingerprint density at radius 3 is 2.10 bits per heavy atom. The highest BCUT2D eigenvalue weighted by Crippen LogP contribution is 2.27. The van der Waals surface area contributed by atoms with E-state index >= 15 is 0 Å². The molecule has 0 radical (unpaired) electrons. The molecule has 0 heterocycles. The molecule has 1 aromatic rings. The average Bonchev–Trinajstić information content (AvgIpc) is 2.44. The molecule has 1 atom stereocenters. The molecule has 0 aliphatic carbocycles. The first kappa shape index (κ1) is 17.2. The van der Waals surface area contributed by atoms with E-state index in [-0.39, 0.29) is 12.0 Å². The van der Waals surface area contributed by atoms with Gasteiger partial charge in [0.1, 0.15) is 0 Å². The lowest BCUT2D eigenvalue weighted by molar-refractivity contribution is 0.110. The molecule has 1 rings (SSSR count). The van der Waals surface area contributed by atoms with Gasteiger partial charge in [-0.05, 0) is 62.8 Å². The number of aliphatic hydroxyl groups is 1. The molecule has 0 aromatic heterocycles. The van der Waals surface area contributed by atoms with E-state index in [0.29, 0.717) is 6.04 Å². The van der Waals surface area contributed by atoms with Gasteiger partial charge in [0, 0.05) is 24.6 Å². The van der Waals surface area contributed by atoms with Crippen molar-refractivity contribution in [1.29, 1.82) is 0 Å². The van der Waals surface area contributed by atoms with Gasteiger partial charge in [0.2, 0.25) is 0 Å². The molecule has 0 bridgehead atoms. The summed E-state index contributed by atoms with van der Waals surface area (Å²) in [7, 11) is 0. The van der Waals surface area contributed by atoms with Crippen LogP contribution in [-0.2, 0) is 0 Å². The van der Waals surface area contributed by atoms with Crippen LogP contribution in [0.15, 0.2) is 12.1 Å². The summed E-state index contributed by atoms with van der Waals surface area (Å²) in [5, 5.41) is 13.3. The van der Waals surface area contributed by atoms with Crippen LogP contribution in [0.2, 0.25) is 0 Å². The fraction of sp³-hybridized carbons (Fsp3) is 0.667. The Labute approximate surface area is 124 Å². The lowest BCUT2D eigenvalue weighted by Gasteiger charge is -2.31. The summed E-state index contributed by atoms with van der Waals surface area (Å²) < 4.78 is 0. The Bertz CT molecular complexity index is 427. The zero-order valence-corrected chi connectivity index (χ0v) is 14.0. The van der Waals surface area contributed by atoms with Crippen LogP contribution in [0.1, 0.15) is 61.9 Å². The molecule has 20 heavy (non-hydrogen) atoms. The number of aliphatic hydroxyl groups excluding tert-OH is 1. The second kappa shape index (κ2) is 7.24. The first-order valence-corrected chi connectivity index (χ1v) is 7.81. The summed E-state index contributed by atoms with van der Waals surface area (Å²) in [5.41, 5.74) is 5.42. The fourth-order valence-electron chi connectivity index (χ4n) is 2.71. The van der Waals surface area contributed by atoms with Crippen molar-refractivity contribution in [2.45, 2.75) is 60.4 Å². The highest BCUT2D eigenvalue weighted by atomic mass is 16.3. The van der Waals surface area contributed by atoms with Gasteiger partial charge in [-0.25, -0.2) is 0 Å². The van der Waals surface area contributed by atoms with Gasteiger partial charge in [0.15, 0.2) is 0 Å². The Balaban J connectivity index is 2.81. The lowest BCUT2D eigenvalue weighted by atomic mass is 9.83. The number of hydrogen-bond acceptors (Lipinski definition) is 2. The summed E-state index contributed by atoms with van der Waals surface area (Å²) >= 11 is 0. The van der Waals surface area contributed by atoms with E-state index in [2.05, 4.69) is 59.0 Å². The van der Waals surface area contributed by atoms with Crippen LogP contribution >= 0.6 is 0 Å². The molecule has 114 valence electrons. The van der Waals surface area contributed by atoms with Crippen molar-refractivity contribution >= 4 is 0 Å². The van der Waals surface area contributed by atoms with Gasteiger partial charge in [-0.1, -0.05) is 26.0 Å². The minimum Gasteiger partial charge on any atom is -0.396 e. The molecule has 2 N–H and O–H groups in total. The monoisotopic (exact) mass is 277 g/mol. The highest BCUT2D eigenvalue weighted by Gasteiger charge is 2.25. The summed E-state index contributed by atoms with van der Waals surface area (Å²) in [6, 6.07) is 4.88. The van der Waals surface area contributed by atoms with E-state index in [4.69, 9.17) is 0 Å². The third-order valence-corrected chi connectivity index (χ3v) is 4.97. The molecule has 1 aromatic carbocycles. The van der Waals surface area contributed by atoms with Crippen molar-refractivity contribution in [1.82, 2.24) is 5.32 Å². The van der Waals surface area contributed by atoms with Crippen LogP contribution in [0.3, 0.4) is 0 Å². The SMILES string of the molecule is CCC(CC)(CO)CNC(C)c1cc(C)c(C)cc1C. The summed E-state index contributed by atoms with van der Waals surface area (Å²) in [6.07, 6.45) is 2.01. The first-order valence-electron chi connectivity index (χ1n) is 7.81. The van der Waals surface area contributed by atoms with Crippen molar-refractivity contribution in [2.24, 2.45) is 5.41 Å². The molecule has 0 aliphatic heterocycles. The van der Waals surface area contributed by atoms with Gasteiger partial charge in [0.05, 0.1) is 0 Å². The maximum absolute atomic E-state index is 9.66. The van der Waals surface area contributed by atoms with Crippen LogP contribution < -0.4 is 5.32 Å². The molecule has 1 unspecified atom stereocenters. The molecule has 0 aliphatic rings. The Hall–Kier alpha value is -0.860. The van der Waals surface area contributed by atoms with Crippen LogP contribution in [0.25, 0.3) is 0 Å². The molecule has 0 spiro atoms. The maximum atomic E-state index is 9.66. The van der Waals surface area contributed by atoms with Crippen molar-refractivity contribution in [3.8, 4) is 0 Å². The standard InChI is InChI=1S/C18H31NO/c1-7-18(8-2,12-20)11-19-16(6)17-10-14(4)13(3)9-15(17)5/h9-10,16,19-20H,7-8,11-12H2,1-6H3. The smallest absolute Gasteiger partial charge is 0.0499 e. The predicted molar refractivity (Wildman–Crippen MR) is 87.2 cm³/mol. The van der Waals surface area contributed by atoms with Gasteiger partial charge in [-0.15, -0.1) is 0 Å². The van der Waals surface area contributed by atoms with Crippen molar-refractivity contribution < 1.29 is 5.11 Å². The van der Waals surface area contributed by atoms with E-state index in [1.165, 1.54) is 22.3 Å². The topological polar surface area (TPSA) is 32.3 Å². The zero-order valence-electron chi connectivity index (χ0n) is 14.0. The molecule has 0 fully saturated rings. The van der Waals surface area contributed by atoms with E-state index in [9.17, 15) is 5.11 Å². The number of hydrogen-bond donors (Lipinski definition) is 2. The normalized spacial score (nSPS) is 13.6. The predicted octanol–water partition coefficient (Wildman–Crippen LogP) is 4.06. The third-order valence-electron chi connectivity index (χ3n) is 4.97. The first-order chi connectivity index (χ1) is 9.39. The summed E-state index contributed by atoms with van der Waals surface area (Å²) in [4.78, 5) is 0. The number of nitrogens with one attached hydrogen (secondary N) is 1. The second-order valence-corrected chi connectivity index (χ2v) is 6.26. The maximum Gasteiger partial charge on any atom is 0.0499 e. The van der Waals surface area contributed by atoms with Crippen molar-refractivity contribution in [2.75, 3.05) is 13.2 Å². The largest absolute Gasteiger partial charge is 0.396 e. The van der Waals surface area contributed by atoms with Crippen molar-refractivity contribution in [3.05, 3.63) is 34.4 Å². The number of benzene rings is 1. The zero-order chi connectivity index (χ0) is 15.3. The fourth-order valence-corrected chi connectivity index (χ4v) is 2.71. The summed E-state index contributed by atoms with van der Waals surface area (Å²) in [5.74, 6) is 0.